The number of anilines is 1. The van der Waals surface area contributed by atoms with Gasteiger partial charge in [0.05, 0.1) is 0 Å². The average Bonchev–Trinajstić information content (AvgIpc) is 2.46. The van der Waals surface area contributed by atoms with E-state index in [1.165, 1.54) is 6.07 Å². The Balaban J connectivity index is 2.00. The molecule has 106 valence electrons. The van der Waals surface area contributed by atoms with Crippen molar-refractivity contribution in [3.63, 3.8) is 0 Å². The van der Waals surface area contributed by atoms with Gasteiger partial charge in [0.1, 0.15) is 5.82 Å². The summed E-state index contributed by atoms with van der Waals surface area (Å²) in [4.78, 5) is 2.14. The van der Waals surface area contributed by atoms with Gasteiger partial charge in [-0.3, -0.25) is 4.90 Å². The lowest BCUT2D eigenvalue weighted by molar-refractivity contribution is 0.259. The van der Waals surface area contributed by atoms with Crippen molar-refractivity contribution in [2.24, 2.45) is 0 Å². The number of para-hydroxylation sites is 1. The van der Waals surface area contributed by atoms with E-state index in [4.69, 9.17) is 5.73 Å². The minimum atomic E-state index is -0.147. The number of halogens is 1. The van der Waals surface area contributed by atoms with Crippen molar-refractivity contribution in [1.82, 2.24) is 4.90 Å². The van der Waals surface area contributed by atoms with E-state index in [-0.39, 0.29) is 11.9 Å². The Labute approximate surface area is 120 Å². The van der Waals surface area contributed by atoms with Crippen LogP contribution in [0.1, 0.15) is 24.1 Å². The first-order chi connectivity index (χ1) is 9.59. The second kappa shape index (κ2) is 6.53. The molecule has 0 fully saturated rings. The number of hydrogen-bond acceptors (Lipinski definition) is 2. The molecule has 0 aromatic heterocycles. The van der Waals surface area contributed by atoms with Gasteiger partial charge in [-0.15, -0.1) is 0 Å². The van der Waals surface area contributed by atoms with Gasteiger partial charge in [-0.25, -0.2) is 4.39 Å². The predicted molar refractivity (Wildman–Crippen MR) is 82.0 cm³/mol. The van der Waals surface area contributed by atoms with Gasteiger partial charge in [0.15, 0.2) is 0 Å². The monoisotopic (exact) mass is 272 g/mol. The Morgan fingerprint density at radius 2 is 1.75 bits per heavy atom. The molecule has 0 saturated heterocycles. The summed E-state index contributed by atoms with van der Waals surface area (Å²) >= 11 is 0. The summed E-state index contributed by atoms with van der Waals surface area (Å²) in [5.41, 5.74) is 8.63. The highest BCUT2D eigenvalue weighted by Crippen LogP contribution is 2.22. The summed E-state index contributed by atoms with van der Waals surface area (Å²) < 4.78 is 13.8. The maximum atomic E-state index is 13.8. The summed E-state index contributed by atoms with van der Waals surface area (Å²) in [6.45, 7) is 2.86. The zero-order valence-corrected chi connectivity index (χ0v) is 12.0. The number of rotatable bonds is 5. The van der Waals surface area contributed by atoms with Crippen LogP contribution < -0.4 is 5.73 Å². The third kappa shape index (κ3) is 3.36. The predicted octanol–water partition coefficient (Wildman–Crippen LogP) is 3.64. The quantitative estimate of drug-likeness (QED) is 0.842. The molecular formula is C17H21FN2. The first-order valence-corrected chi connectivity index (χ1v) is 6.87. The van der Waals surface area contributed by atoms with Crippen LogP contribution >= 0.6 is 0 Å². The Bertz CT molecular complexity index is 568. The largest absolute Gasteiger partial charge is 0.399 e. The summed E-state index contributed by atoms with van der Waals surface area (Å²) in [6.07, 6.45) is 0.863. The highest BCUT2D eigenvalue weighted by Gasteiger charge is 2.15. The Morgan fingerprint density at radius 3 is 2.45 bits per heavy atom. The number of hydrogen-bond donors (Lipinski definition) is 1. The van der Waals surface area contributed by atoms with Crippen molar-refractivity contribution in [1.29, 1.82) is 0 Å². The molecule has 2 rings (SSSR count). The fraction of sp³-hybridized carbons (Fsp3) is 0.294. The van der Waals surface area contributed by atoms with E-state index in [2.05, 4.69) is 4.90 Å². The van der Waals surface area contributed by atoms with Crippen molar-refractivity contribution in [2.75, 3.05) is 19.3 Å². The van der Waals surface area contributed by atoms with Gasteiger partial charge >= 0.3 is 0 Å². The molecular weight excluding hydrogens is 251 g/mol. The van der Waals surface area contributed by atoms with Crippen LogP contribution in [0.2, 0.25) is 0 Å². The molecule has 0 radical (unpaired) electrons. The van der Waals surface area contributed by atoms with Crippen LogP contribution in [0.5, 0.6) is 0 Å². The fourth-order valence-electron chi connectivity index (χ4n) is 2.30. The number of nitrogen functional groups attached to an aromatic ring is 1. The number of likely N-dealkylation sites (N-methyl/N-ethyl adjacent to an activating group) is 1. The van der Waals surface area contributed by atoms with Crippen molar-refractivity contribution < 1.29 is 4.39 Å². The zero-order valence-electron chi connectivity index (χ0n) is 12.0. The Morgan fingerprint density at radius 1 is 1.10 bits per heavy atom. The molecule has 3 heteroatoms. The number of nitrogens with zero attached hydrogens (tertiary/aromatic N) is 1. The average molecular weight is 272 g/mol. The maximum Gasteiger partial charge on any atom is 0.127 e. The zero-order chi connectivity index (χ0) is 14.5. The first kappa shape index (κ1) is 14.5. The van der Waals surface area contributed by atoms with E-state index in [0.717, 1.165) is 29.8 Å². The lowest BCUT2D eigenvalue weighted by atomic mass is 10.1. The molecule has 20 heavy (non-hydrogen) atoms. The molecule has 2 N–H and O–H groups in total. The minimum Gasteiger partial charge on any atom is -0.399 e. The smallest absolute Gasteiger partial charge is 0.127 e. The highest BCUT2D eigenvalue weighted by atomic mass is 19.1. The van der Waals surface area contributed by atoms with E-state index < -0.39 is 0 Å². The minimum absolute atomic E-state index is 0.0427. The molecule has 0 aliphatic rings. The second-order valence-corrected chi connectivity index (χ2v) is 5.13. The van der Waals surface area contributed by atoms with E-state index in [1.54, 1.807) is 6.07 Å². The molecule has 0 aliphatic heterocycles. The second-order valence-electron chi connectivity index (χ2n) is 5.13. The van der Waals surface area contributed by atoms with Crippen LogP contribution in [-0.2, 0) is 6.42 Å². The molecule has 1 unspecified atom stereocenters. The van der Waals surface area contributed by atoms with Gasteiger partial charge in [-0.05, 0) is 38.1 Å². The van der Waals surface area contributed by atoms with E-state index in [9.17, 15) is 4.39 Å². The van der Waals surface area contributed by atoms with Gasteiger partial charge in [0, 0.05) is 23.8 Å². The SMILES string of the molecule is CC(c1ccccc1F)N(C)CCc1ccccc1N. The summed E-state index contributed by atoms with van der Waals surface area (Å²) in [5, 5.41) is 0. The molecule has 0 bridgehead atoms. The van der Waals surface area contributed by atoms with E-state index >= 15 is 0 Å². The van der Waals surface area contributed by atoms with Crippen LogP contribution in [-0.4, -0.2) is 18.5 Å². The molecule has 2 aromatic rings. The molecule has 1 atom stereocenters. The van der Waals surface area contributed by atoms with Gasteiger partial charge < -0.3 is 5.73 Å². The van der Waals surface area contributed by atoms with Gasteiger partial charge in [0.25, 0.3) is 0 Å². The Hall–Kier alpha value is -1.87. The van der Waals surface area contributed by atoms with Crippen molar-refractivity contribution in [3.8, 4) is 0 Å². The number of benzene rings is 2. The molecule has 0 aliphatic carbocycles. The molecule has 2 aromatic carbocycles. The van der Waals surface area contributed by atoms with Crippen LogP contribution in [0.3, 0.4) is 0 Å². The van der Waals surface area contributed by atoms with Crippen LogP contribution in [0.15, 0.2) is 48.5 Å². The normalized spacial score (nSPS) is 12.6. The van der Waals surface area contributed by atoms with Gasteiger partial charge in [-0.2, -0.15) is 0 Å². The van der Waals surface area contributed by atoms with Gasteiger partial charge in [0.2, 0.25) is 0 Å². The lowest BCUT2D eigenvalue weighted by Gasteiger charge is -2.25. The van der Waals surface area contributed by atoms with Crippen LogP contribution in [0, 0.1) is 5.82 Å². The molecule has 0 spiro atoms. The summed E-state index contributed by atoms with van der Waals surface area (Å²) in [5.74, 6) is -0.147. The third-order valence-electron chi connectivity index (χ3n) is 3.81. The van der Waals surface area contributed by atoms with Crippen molar-refractivity contribution >= 4 is 5.69 Å². The van der Waals surface area contributed by atoms with E-state index in [1.807, 2.05) is 50.4 Å². The molecule has 0 saturated carbocycles. The van der Waals surface area contributed by atoms with Gasteiger partial charge in [-0.1, -0.05) is 36.4 Å². The summed E-state index contributed by atoms with van der Waals surface area (Å²) in [7, 11) is 2.01. The number of nitrogens with two attached hydrogens (primary N) is 1. The summed E-state index contributed by atoms with van der Waals surface area (Å²) in [6, 6.07) is 14.9. The van der Waals surface area contributed by atoms with Crippen LogP contribution in [0.25, 0.3) is 0 Å². The third-order valence-corrected chi connectivity index (χ3v) is 3.81. The van der Waals surface area contributed by atoms with Crippen molar-refractivity contribution in [3.05, 3.63) is 65.5 Å². The molecule has 2 nitrogen and oxygen atoms in total. The topological polar surface area (TPSA) is 29.3 Å². The standard InChI is InChI=1S/C17H21FN2/c1-13(15-8-4-5-9-16(15)18)20(2)12-11-14-7-3-6-10-17(14)19/h3-10,13H,11-12,19H2,1-2H3. The maximum absolute atomic E-state index is 13.8. The molecule has 0 amide bonds. The van der Waals surface area contributed by atoms with Crippen LogP contribution in [0.4, 0.5) is 10.1 Å². The Kier molecular flexibility index (Phi) is 4.74. The molecule has 0 heterocycles. The fourth-order valence-corrected chi connectivity index (χ4v) is 2.30. The first-order valence-electron chi connectivity index (χ1n) is 6.87. The lowest BCUT2D eigenvalue weighted by Crippen LogP contribution is -2.25. The highest BCUT2D eigenvalue weighted by molar-refractivity contribution is 5.46. The van der Waals surface area contributed by atoms with E-state index in [0.29, 0.717) is 0 Å². The van der Waals surface area contributed by atoms with Crippen molar-refractivity contribution in [2.45, 2.75) is 19.4 Å².